The van der Waals surface area contributed by atoms with Gasteiger partial charge in [0, 0.05) is 12.8 Å². The predicted molar refractivity (Wildman–Crippen MR) is 84.1 cm³/mol. The van der Waals surface area contributed by atoms with E-state index in [1.54, 1.807) is 0 Å². The van der Waals surface area contributed by atoms with E-state index in [0.29, 0.717) is 25.2 Å². The summed E-state index contributed by atoms with van der Waals surface area (Å²) in [5.74, 6) is 0.144. The van der Waals surface area contributed by atoms with Gasteiger partial charge in [-0.2, -0.15) is 0 Å². The van der Waals surface area contributed by atoms with Crippen LogP contribution in [0, 0.1) is 0 Å². The Balaban J connectivity index is 1.76. The second-order valence-electron chi connectivity index (χ2n) is 4.96. The summed E-state index contributed by atoms with van der Waals surface area (Å²) in [4.78, 5) is 17.2. The van der Waals surface area contributed by atoms with E-state index in [4.69, 9.17) is 4.84 Å². The second-order valence-corrected chi connectivity index (χ2v) is 4.96. The molecule has 0 spiro atoms. The Bertz CT molecular complexity index is 591. The zero-order valence-electron chi connectivity index (χ0n) is 12.2. The molecule has 0 aliphatic carbocycles. The molecule has 0 saturated heterocycles. The molecule has 0 unspecified atom stereocenters. The van der Waals surface area contributed by atoms with Gasteiger partial charge in [0.05, 0.1) is 5.71 Å². The van der Waals surface area contributed by atoms with Crippen LogP contribution in [-0.2, 0) is 22.7 Å². The first kappa shape index (κ1) is 15.0. The molecule has 0 aliphatic heterocycles. The van der Waals surface area contributed by atoms with Crippen molar-refractivity contribution in [1.82, 2.24) is 0 Å². The molecule has 0 aromatic heterocycles. The number of hydrogen-bond acceptors (Lipinski definition) is 3. The Morgan fingerprint density at radius 2 is 1.52 bits per heavy atom. The normalized spacial score (nSPS) is 11.2. The molecule has 0 aliphatic rings. The van der Waals surface area contributed by atoms with Crippen molar-refractivity contribution in [3.8, 4) is 0 Å². The van der Waals surface area contributed by atoms with E-state index >= 15 is 0 Å². The number of carbonyl (C=O) groups is 1. The van der Waals surface area contributed by atoms with E-state index in [9.17, 15) is 4.79 Å². The molecule has 108 valence electrons. The molecule has 2 rings (SSSR count). The molecule has 3 nitrogen and oxygen atoms in total. The third kappa shape index (κ3) is 5.61. The molecule has 0 heterocycles. The van der Waals surface area contributed by atoms with Gasteiger partial charge in [0.2, 0.25) is 0 Å². The van der Waals surface area contributed by atoms with Crippen molar-refractivity contribution in [2.75, 3.05) is 0 Å². The topological polar surface area (TPSA) is 38.7 Å². The molecule has 0 N–H and O–H groups in total. The molecule has 3 heteroatoms. The number of nitrogens with zero attached hydrogens (tertiary/aromatic N) is 1. The Morgan fingerprint density at radius 3 is 2.14 bits per heavy atom. The molecule has 0 bridgehead atoms. The average Bonchev–Trinajstić information content (AvgIpc) is 2.49. The van der Waals surface area contributed by atoms with Gasteiger partial charge in [-0.3, -0.25) is 4.79 Å². The molecule has 21 heavy (non-hydrogen) atoms. The van der Waals surface area contributed by atoms with Crippen LogP contribution in [0.1, 0.15) is 24.5 Å². The summed E-state index contributed by atoms with van der Waals surface area (Å²) in [7, 11) is 0. The quantitative estimate of drug-likeness (QED) is 0.572. The average molecular weight is 281 g/mol. The highest BCUT2D eigenvalue weighted by atomic mass is 16.6. The predicted octanol–water partition coefficient (Wildman–Crippen LogP) is 3.78. The van der Waals surface area contributed by atoms with Crippen LogP contribution in [0.15, 0.2) is 65.8 Å². The Labute approximate surface area is 125 Å². The van der Waals surface area contributed by atoms with Crippen molar-refractivity contribution in [2.45, 2.75) is 26.4 Å². The zero-order valence-corrected chi connectivity index (χ0v) is 12.2. The summed E-state index contributed by atoms with van der Waals surface area (Å²) >= 11 is 0. The van der Waals surface area contributed by atoms with Crippen LogP contribution in [0.4, 0.5) is 0 Å². The van der Waals surface area contributed by atoms with Gasteiger partial charge >= 0.3 is 0 Å². The van der Waals surface area contributed by atoms with Gasteiger partial charge in [-0.25, -0.2) is 0 Å². The van der Waals surface area contributed by atoms with Crippen LogP contribution < -0.4 is 0 Å². The van der Waals surface area contributed by atoms with Gasteiger partial charge in [0.1, 0.15) is 12.4 Å². The fourth-order valence-electron chi connectivity index (χ4n) is 1.99. The van der Waals surface area contributed by atoms with Crippen LogP contribution >= 0.6 is 0 Å². The number of ketones is 1. The third-order valence-corrected chi connectivity index (χ3v) is 2.99. The lowest BCUT2D eigenvalue weighted by Gasteiger charge is -2.03. The molecular formula is C18H19NO2. The van der Waals surface area contributed by atoms with E-state index in [-0.39, 0.29) is 5.78 Å². The van der Waals surface area contributed by atoms with Crippen molar-refractivity contribution in [2.24, 2.45) is 5.16 Å². The van der Waals surface area contributed by atoms with Gasteiger partial charge in [-0.15, -0.1) is 0 Å². The standard InChI is InChI=1S/C18H19NO2/c1-15(19-21-14-17-10-6-3-7-11-17)12-18(20)13-16-8-4-2-5-9-16/h2-11H,12-14H2,1H3. The Morgan fingerprint density at radius 1 is 0.952 bits per heavy atom. The first-order valence-corrected chi connectivity index (χ1v) is 6.99. The highest BCUT2D eigenvalue weighted by Crippen LogP contribution is 2.04. The minimum atomic E-state index is 0.144. The second kappa shape index (κ2) is 8.00. The number of Topliss-reactive ketones (excluding diaryl/α,β-unsaturated/α-hetero) is 1. The monoisotopic (exact) mass is 281 g/mol. The van der Waals surface area contributed by atoms with Crippen LogP contribution in [0.5, 0.6) is 0 Å². The summed E-state index contributed by atoms with van der Waals surface area (Å²) in [6.07, 6.45) is 0.760. The minimum Gasteiger partial charge on any atom is -0.391 e. The summed E-state index contributed by atoms with van der Waals surface area (Å²) < 4.78 is 0. The molecule has 2 aromatic rings. The number of oxime groups is 1. The van der Waals surface area contributed by atoms with Crippen molar-refractivity contribution >= 4 is 11.5 Å². The number of rotatable bonds is 7. The number of hydrogen-bond donors (Lipinski definition) is 0. The van der Waals surface area contributed by atoms with Gasteiger partial charge in [-0.1, -0.05) is 65.8 Å². The molecule has 2 aromatic carbocycles. The highest BCUT2D eigenvalue weighted by Gasteiger charge is 2.05. The van der Waals surface area contributed by atoms with E-state index in [0.717, 1.165) is 11.1 Å². The maximum absolute atomic E-state index is 11.9. The Hall–Kier alpha value is -2.42. The molecule has 0 amide bonds. The summed E-state index contributed by atoms with van der Waals surface area (Å²) in [6.45, 7) is 2.24. The van der Waals surface area contributed by atoms with E-state index in [1.807, 2.05) is 67.6 Å². The van der Waals surface area contributed by atoms with Crippen molar-refractivity contribution in [1.29, 1.82) is 0 Å². The summed E-state index contributed by atoms with van der Waals surface area (Å²) in [6, 6.07) is 19.6. The van der Waals surface area contributed by atoms with E-state index < -0.39 is 0 Å². The molecule has 0 radical (unpaired) electrons. The van der Waals surface area contributed by atoms with Gasteiger partial charge in [0.15, 0.2) is 0 Å². The third-order valence-electron chi connectivity index (χ3n) is 2.99. The molecule has 0 saturated carbocycles. The SMILES string of the molecule is CC(CC(=O)Cc1ccccc1)=NOCc1ccccc1. The summed E-state index contributed by atoms with van der Waals surface area (Å²) in [5, 5.41) is 4.00. The Kier molecular flexibility index (Phi) is 5.71. The number of carbonyl (C=O) groups excluding carboxylic acids is 1. The maximum Gasteiger partial charge on any atom is 0.142 e. The van der Waals surface area contributed by atoms with Crippen LogP contribution in [0.25, 0.3) is 0 Å². The van der Waals surface area contributed by atoms with Crippen LogP contribution in [-0.4, -0.2) is 11.5 Å². The van der Waals surface area contributed by atoms with Crippen molar-refractivity contribution < 1.29 is 9.63 Å². The zero-order chi connectivity index (χ0) is 14.9. The largest absolute Gasteiger partial charge is 0.391 e. The van der Waals surface area contributed by atoms with E-state index in [2.05, 4.69) is 5.16 Å². The van der Waals surface area contributed by atoms with Crippen molar-refractivity contribution in [3.05, 3.63) is 71.8 Å². The number of benzene rings is 2. The summed E-state index contributed by atoms with van der Waals surface area (Å²) in [5.41, 5.74) is 2.79. The lowest BCUT2D eigenvalue weighted by Crippen LogP contribution is -2.08. The lowest BCUT2D eigenvalue weighted by atomic mass is 10.1. The fraction of sp³-hybridized carbons (Fsp3) is 0.222. The van der Waals surface area contributed by atoms with Crippen LogP contribution in [0.3, 0.4) is 0 Å². The first-order chi connectivity index (χ1) is 10.2. The maximum atomic E-state index is 11.9. The molecule has 0 fully saturated rings. The molecule has 0 atom stereocenters. The fourth-order valence-corrected chi connectivity index (χ4v) is 1.99. The van der Waals surface area contributed by atoms with Gasteiger partial charge < -0.3 is 4.84 Å². The smallest absolute Gasteiger partial charge is 0.142 e. The lowest BCUT2D eigenvalue weighted by molar-refractivity contribution is -0.117. The van der Waals surface area contributed by atoms with Crippen molar-refractivity contribution in [3.63, 3.8) is 0 Å². The van der Waals surface area contributed by atoms with E-state index in [1.165, 1.54) is 0 Å². The van der Waals surface area contributed by atoms with Gasteiger partial charge in [-0.05, 0) is 18.1 Å². The molecular weight excluding hydrogens is 262 g/mol. The minimum absolute atomic E-state index is 0.144. The van der Waals surface area contributed by atoms with Gasteiger partial charge in [0.25, 0.3) is 0 Å². The van der Waals surface area contributed by atoms with Crippen LogP contribution in [0.2, 0.25) is 0 Å². The highest BCUT2D eigenvalue weighted by molar-refractivity contribution is 6.01. The first-order valence-electron chi connectivity index (χ1n) is 6.99.